The Labute approximate surface area is 221 Å². The molecule has 1 saturated carbocycles. The minimum absolute atomic E-state index is 0.0372. The molecule has 2 unspecified atom stereocenters. The summed E-state index contributed by atoms with van der Waals surface area (Å²) in [6, 6.07) is 5.02. The zero-order valence-corrected chi connectivity index (χ0v) is 21.8. The van der Waals surface area contributed by atoms with Crippen LogP contribution in [0.25, 0.3) is 0 Å². The van der Waals surface area contributed by atoms with E-state index in [4.69, 9.17) is 16.3 Å². The van der Waals surface area contributed by atoms with Gasteiger partial charge in [-0.05, 0) is 49.3 Å². The highest BCUT2D eigenvalue weighted by Gasteiger charge is 2.63. The van der Waals surface area contributed by atoms with E-state index in [2.05, 4.69) is 27.1 Å². The van der Waals surface area contributed by atoms with Crippen molar-refractivity contribution in [2.24, 2.45) is 0 Å². The molecule has 4 atom stereocenters. The Hall–Kier alpha value is -2.33. The third kappa shape index (κ3) is 4.39. The Morgan fingerprint density at radius 3 is 2.70 bits per heavy atom. The molecular weight excluding hydrogens is 497 g/mol. The van der Waals surface area contributed by atoms with Crippen LogP contribution in [0, 0.1) is 5.82 Å². The van der Waals surface area contributed by atoms with Crippen LogP contribution in [0.4, 0.5) is 10.2 Å². The number of anilines is 1. The number of amides is 1. The van der Waals surface area contributed by atoms with Gasteiger partial charge in [-0.25, -0.2) is 14.4 Å². The Bertz CT molecular complexity index is 1190. The van der Waals surface area contributed by atoms with Gasteiger partial charge in [0.25, 0.3) is 0 Å². The van der Waals surface area contributed by atoms with Crippen molar-refractivity contribution in [1.82, 2.24) is 20.2 Å². The highest BCUT2D eigenvalue weighted by Crippen LogP contribution is 2.51. The second-order valence-corrected chi connectivity index (χ2v) is 11.2. The summed E-state index contributed by atoms with van der Waals surface area (Å²) in [6.07, 6.45) is 4.08. The Morgan fingerprint density at radius 1 is 1.22 bits per heavy atom. The lowest BCUT2D eigenvalue weighted by Crippen LogP contribution is -2.53. The smallest absolute Gasteiger partial charge is 0.235 e. The predicted octanol–water partition coefficient (Wildman–Crippen LogP) is 2.94. The van der Waals surface area contributed by atoms with Crippen molar-refractivity contribution in [2.75, 3.05) is 44.3 Å². The van der Waals surface area contributed by atoms with Crippen molar-refractivity contribution in [3.05, 3.63) is 52.2 Å². The molecule has 2 aliphatic carbocycles. The van der Waals surface area contributed by atoms with E-state index in [1.165, 1.54) is 12.4 Å². The first kappa shape index (κ1) is 25.0. The number of nitrogens with zero attached hydrogens (tertiary/aromatic N) is 4. The zero-order valence-electron chi connectivity index (χ0n) is 21.0. The van der Waals surface area contributed by atoms with Crippen molar-refractivity contribution in [3.8, 4) is 0 Å². The quantitative estimate of drug-likeness (QED) is 0.615. The fourth-order valence-electron chi connectivity index (χ4n) is 6.42. The van der Waals surface area contributed by atoms with E-state index in [0.29, 0.717) is 63.8 Å². The number of halogens is 2. The van der Waals surface area contributed by atoms with Crippen LogP contribution in [-0.4, -0.2) is 77.4 Å². The highest BCUT2D eigenvalue weighted by atomic mass is 35.5. The number of carbonyl (C=O) groups excluding carboxylic acids is 1. The van der Waals surface area contributed by atoms with E-state index in [-0.39, 0.29) is 22.9 Å². The Balaban J connectivity index is 1.20. The lowest BCUT2D eigenvalue weighted by atomic mass is 9.92. The van der Waals surface area contributed by atoms with Crippen LogP contribution >= 0.6 is 11.6 Å². The van der Waals surface area contributed by atoms with Gasteiger partial charge in [-0.2, -0.15) is 0 Å². The van der Waals surface area contributed by atoms with Gasteiger partial charge in [0.1, 0.15) is 18.0 Å². The van der Waals surface area contributed by atoms with E-state index < -0.39 is 17.3 Å². The Morgan fingerprint density at radius 2 is 1.97 bits per heavy atom. The first-order valence-electron chi connectivity index (χ1n) is 13.2. The first-order chi connectivity index (χ1) is 17.9. The van der Waals surface area contributed by atoms with Crippen LogP contribution in [0.2, 0.25) is 5.02 Å². The standard InChI is InChI=1S/C27H33ClFN5O3/c1-16-12-21(35)24-23(16)25(31-15-30-24)33-6-8-34(9-7-33)26(36)27(17-2-3-19(28)20(29)13-17)14-22(27)32-18-4-10-37-11-5-18/h2-3,13,15-16,18,21-22,32,35H,4-12,14H2,1H3/t16-,21-,22?,27?/m1/s1. The summed E-state index contributed by atoms with van der Waals surface area (Å²) in [6.45, 7) is 5.90. The summed E-state index contributed by atoms with van der Waals surface area (Å²) in [5.41, 5.74) is 1.63. The summed E-state index contributed by atoms with van der Waals surface area (Å²) in [5.74, 6) is 0.588. The van der Waals surface area contributed by atoms with Crippen LogP contribution in [0.5, 0.6) is 0 Å². The number of hydrogen-bond donors (Lipinski definition) is 2. The largest absolute Gasteiger partial charge is 0.387 e. The molecule has 4 aliphatic rings. The highest BCUT2D eigenvalue weighted by molar-refractivity contribution is 6.30. The number of hydrogen-bond acceptors (Lipinski definition) is 7. The van der Waals surface area contributed by atoms with Gasteiger partial charge in [0.05, 0.1) is 22.2 Å². The van der Waals surface area contributed by atoms with Gasteiger partial charge in [0.2, 0.25) is 5.91 Å². The third-order valence-electron chi connectivity index (χ3n) is 8.58. The molecule has 2 aliphatic heterocycles. The van der Waals surface area contributed by atoms with Crippen molar-refractivity contribution < 1.29 is 19.0 Å². The molecular formula is C27H33ClFN5O3. The molecule has 2 N–H and O–H groups in total. The van der Waals surface area contributed by atoms with Crippen LogP contribution in [-0.2, 0) is 14.9 Å². The molecule has 37 heavy (non-hydrogen) atoms. The van der Waals surface area contributed by atoms with E-state index in [1.807, 2.05) is 4.90 Å². The molecule has 8 nitrogen and oxygen atoms in total. The maximum Gasteiger partial charge on any atom is 0.235 e. The molecule has 198 valence electrons. The Kier molecular flexibility index (Phi) is 6.59. The fraction of sp³-hybridized carbons (Fsp3) is 0.593. The van der Waals surface area contributed by atoms with Gasteiger partial charge in [0.15, 0.2) is 0 Å². The molecule has 10 heteroatoms. The van der Waals surface area contributed by atoms with Crippen LogP contribution in [0.1, 0.15) is 61.4 Å². The zero-order chi connectivity index (χ0) is 25.7. The van der Waals surface area contributed by atoms with Crippen LogP contribution in [0.3, 0.4) is 0 Å². The topological polar surface area (TPSA) is 90.8 Å². The normalized spacial score (nSPS) is 29.9. The number of nitrogens with one attached hydrogen (secondary N) is 1. The molecule has 3 heterocycles. The van der Waals surface area contributed by atoms with Gasteiger partial charge >= 0.3 is 0 Å². The van der Waals surface area contributed by atoms with Crippen molar-refractivity contribution in [3.63, 3.8) is 0 Å². The third-order valence-corrected chi connectivity index (χ3v) is 8.89. The number of aromatic nitrogens is 2. The number of fused-ring (bicyclic) bond motifs is 1. The molecule has 3 fully saturated rings. The van der Waals surface area contributed by atoms with E-state index in [0.717, 1.165) is 29.9 Å². The second kappa shape index (κ2) is 9.76. The van der Waals surface area contributed by atoms with Gasteiger partial charge in [0, 0.05) is 57.0 Å². The SMILES string of the molecule is C[C@@H]1C[C@@H](O)c2ncnc(N3CCN(C(=O)C4(c5ccc(Cl)c(F)c5)CC4NC4CCOCC4)CC3)c21. The average Bonchev–Trinajstić information content (AvgIpc) is 3.56. The lowest BCUT2D eigenvalue weighted by molar-refractivity contribution is -0.134. The monoisotopic (exact) mass is 529 g/mol. The van der Waals surface area contributed by atoms with Gasteiger partial charge < -0.3 is 25.0 Å². The number of aliphatic hydroxyl groups is 1. The number of benzene rings is 1. The maximum absolute atomic E-state index is 14.5. The van der Waals surface area contributed by atoms with Crippen molar-refractivity contribution in [1.29, 1.82) is 0 Å². The summed E-state index contributed by atoms with van der Waals surface area (Å²) in [4.78, 5) is 27.1. The number of piperazine rings is 1. The number of aliphatic hydroxyl groups excluding tert-OH is 1. The van der Waals surface area contributed by atoms with Gasteiger partial charge in [-0.1, -0.05) is 24.6 Å². The summed E-state index contributed by atoms with van der Waals surface area (Å²) in [5, 5.41) is 14.1. The minimum Gasteiger partial charge on any atom is -0.387 e. The average molecular weight is 530 g/mol. The summed E-state index contributed by atoms with van der Waals surface area (Å²) < 4.78 is 20.0. The summed E-state index contributed by atoms with van der Waals surface area (Å²) >= 11 is 5.97. The fourth-order valence-corrected chi connectivity index (χ4v) is 6.54. The molecule has 2 aromatic rings. The second-order valence-electron chi connectivity index (χ2n) is 10.8. The van der Waals surface area contributed by atoms with E-state index >= 15 is 0 Å². The van der Waals surface area contributed by atoms with Crippen LogP contribution < -0.4 is 10.2 Å². The molecule has 1 amide bonds. The number of rotatable bonds is 5. The summed E-state index contributed by atoms with van der Waals surface area (Å²) in [7, 11) is 0. The molecule has 2 saturated heterocycles. The first-order valence-corrected chi connectivity index (χ1v) is 13.6. The van der Waals surface area contributed by atoms with E-state index in [9.17, 15) is 14.3 Å². The number of ether oxygens (including phenoxy) is 1. The molecule has 1 aromatic carbocycles. The molecule has 0 spiro atoms. The lowest BCUT2D eigenvalue weighted by Gasteiger charge is -2.38. The van der Waals surface area contributed by atoms with Gasteiger partial charge in [-0.3, -0.25) is 4.79 Å². The van der Waals surface area contributed by atoms with Crippen molar-refractivity contribution >= 4 is 23.3 Å². The molecule has 0 radical (unpaired) electrons. The molecule has 0 bridgehead atoms. The molecule has 6 rings (SSSR count). The maximum atomic E-state index is 14.5. The van der Waals surface area contributed by atoms with Crippen LogP contribution in [0.15, 0.2) is 24.5 Å². The van der Waals surface area contributed by atoms with Crippen molar-refractivity contribution in [2.45, 2.75) is 62.1 Å². The van der Waals surface area contributed by atoms with Gasteiger partial charge in [-0.15, -0.1) is 0 Å². The molecule has 1 aromatic heterocycles. The van der Waals surface area contributed by atoms with E-state index in [1.54, 1.807) is 12.1 Å². The minimum atomic E-state index is -0.791. The number of carbonyl (C=O) groups is 1. The predicted molar refractivity (Wildman–Crippen MR) is 137 cm³/mol.